The van der Waals surface area contributed by atoms with E-state index in [0.29, 0.717) is 10.9 Å². The van der Waals surface area contributed by atoms with E-state index in [0.717, 1.165) is 15.8 Å². The summed E-state index contributed by atoms with van der Waals surface area (Å²) < 4.78 is 6.30. The number of aliphatic hydroxyl groups is 1. The average Bonchev–Trinajstić information content (AvgIpc) is 3.25. The van der Waals surface area contributed by atoms with Crippen LogP contribution >= 0.6 is 11.3 Å². The molecule has 2 N–H and O–H groups in total. The van der Waals surface area contributed by atoms with Crippen molar-refractivity contribution in [1.82, 2.24) is 9.88 Å². The van der Waals surface area contributed by atoms with Crippen LogP contribution in [0.5, 0.6) is 5.75 Å². The molecule has 1 aliphatic heterocycles. The SMILES string of the molecule is Cc1ccc2nc(NC(=O)[C@H]3C[C@H](O)CN3C(=O)Oc3ccccc3)sc2c1. The number of para-hydroxylation sites is 1. The number of aromatic nitrogens is 1. The summed E-state index contributed by atoms with van der Waals surface area (Å²) in [6, 6.07) is 13.7. The van der Waals surface area contributed by atoms with Gasteiger partial charge in [0.15, 0.2) is 5.13 Å². The van der Waals surface area contributed by atoms with Gasteiger partial charge in [-0.05, 0) is 36.8 Å². The standard InChI is InChI=1S/C20H19N3O4S/c1-12-7-8-15-17(9-12)28-19(21-15)22-18(25)16-10-13(24)11-23(16)20(26)27-14-5-3-2-4-6-14/h2-9,13,16,24H,10-11H2,1H3,(H,21,22,25)/t13-,16+/m0/s1. The van der Waals surface area contributed by atoms with Crippen LogP contribution in [0.2, 0.25) is 0 Å². The lowest BCUT2D eigenvalue weighted by Gasteiger charge is -2.22. The molecule has 144 valence electrons. The Morgan fingerprint density at radius 3 is 2.82 bits per heavy atom. The summed E-state index contributed by atoms with van der Waals surface area (Å²) in [7, 11) is 0. The van der Waals surface area contributed by atoms with Gasteiger partial charge < -0.3 is 15.2 Å². The molecule has 0 saturated carbocycles. The molecule has 0 radical (unpaired) electrons. The number of fused-ring (bicyclic) bond motifs is 1. The van der Waals surface area contributed by atoms with Crippen LogP contribution in [0.3, 0.4) is 0 Å². The van der Waals surface area contributed by atoms with E-state index in [9.17, 15) is 14.7 Å². The first-order chi connectivity index (χ1) is 13.5. The number of nitrogens with zero attached hydrogens (tertiary/aromatic N) is 2. The van der Waals surface area contributed by atoms with Crippen molar-refractivity contribution >= 4 is 38.7 Å². The molecule has 0 aliphatic carbocycles. The van der Waals surface area contributed by atoms with Crippen LogP contribution in [0.1, 0.15) is 12.0 Å². The largest absolute Gasteiger partial charge is 0.416 e. The van der Waals surface area contributed by atoms with E-state index in [4.69, 9.17) is 4.74 Å². The molecule has 2 heterocycles. The van der Waals surface area contributed by atoms with Crippen molar-refractivity contribution in [3.8, 4) is 5.75 Å². The number of rotatable bonds is 3. The van der Waals surface area contributed by atoms with Gasteiger partial charge in [0.1, 0.15) is 11.8 Å². The number of nitrogens with one attached hydrogen (secondary N) is 1. The van der Waals surface area contributed by atoms with Crippen molar-refractivity contribution in [3.05, 3.63) is 54.1 Å². The molecule has 1 fully saturated rings. The quantitative estimate of drug-likeness (QED) is 0.708. The zero-order chi connectivity index (χ0) is 19.7. The third kappa shape index (κ3) is 3.83. The van der Waals surface area contributed by atoms with E-state index >= 15 is 0 Å². The van der Waals surface area contributed by atoms with Crippen LogP contribution in [0, 0.1) is 6.92 Å². The van der Waals surface area contributed by atoms with Gasteiger partial charge in [0.05, 0.1) is 22.9 Å². The van der Waals surface area contributed by atoms with Crippen molar-refractivity contribution < 1.29 is 19.4 Å². The maximum Gasteiger partial charge on any atom is 0.416 e. The molecule has 3 aromatic rings. The Morgan fingerprint density at radius 2 is 2.04 bits per heavy atom. The van der Waals surface area contributed by atoms with Crippen molar-refractivity contribution in [3.63, 3.8) is 0 Å². The number of benzene rings is 2. The Kier molecular flexibility index (Phi) is 4.97. The Labute approximate surface area is 165 Å². The highest BCUT2D eigenvalue weighted by Crippen LogP contribution is 2.28. The fraction of sp³-hybridized carbons (Fsp3) is 0.250. The van der Waals surface area contributed by atoms with Crippen LogP contribution in [-0.4, -0.2) is 45.7 Å². The van der Waals surface area contributed by atoms with Gasteiger partial charge >= 0.3 is 6.09 Å². The molecule has 8 heteroatoms. The zero-order valence-electron chi connectivity index (χ0n) is 15.2. The maximum absolute atomic E-state index is 12.8. The number of anilines is 1. The van der Waals surface area contributed by atoms with Gasteiger partial charge in [-0.3, -0.25) is 9.69 Å². The number of carbonyl (C=O) groups excluding carboxylic acids is 2. The monoisotopic (exact) mass is 397 g/mol. The second-order valence-corrected chi connectivity index (χ2v) is 7.75. The molecule has 2 atom stereocenters. The van der Waals surface area contributed by atoms with Gasteiger partial charge in [0.25, 0.3) is 0 Å². The Balaban J connectivity index is 1.48. The Morgan fingerprint density at radius 1 is 1.25 bits per heavy atom. The fourth-order valence-corrected chi connectivity index (χ4v) is 4.15. The van der Waals surface area contributed by atoms with Crippen LogP contribution in [0.4, 0.5) is 9.93 Å². The molecule has 0 spiro atoms. The average molecular weight is 397 g/mol. The molecule has 2 amide bonds. The molecule has 0 bridgehead atoms. The summed E-state index contributed by atoms with van der Waals surface area (Å²) >= 11 is 1.37. The Bertz CT molecular complexity index is 1020. The number of ether oxygens (including phenoxy) is 1. The highest BCUT2D eigenvalue weighted by Gasteiger charge is 2.40. The van der Waals surface area contributed by atoms with Gasteiger partial charge in [-0.15, -0.1) is 0 Å². The van der Waals surface area contributed by atoms with Crippen LogP contribution in [0.15, 0.2) is 48.5 Å². The molecule has 1 aromatic heterocycles. The summed E-state index contributed by atoms with van der Waals surface area (Å²) in [6.45, 7) is 2.04. The first-order valence-corrected chi connectivity index (χ1v) is 9.71. The van der Waals surface area contributed by atoms with Gasteiger partial charge in [-0.2, -0.15) is 0 Å². The van der Waals surface area contributed by atoms with Crippen molar-refractivity contribution in [2.24, 2.45) is 0 Å². The smallest absolute Gasteiger partial charge is 0.410 e. The molecular weight excluding hydrogens is 378 g/mol. The van der Waals surface area contributed by atoms with Crippen molar-refractivity contribution in [2.75, 3.05) is 11.9 Å². The van der Waals surface area contributed by atoms with Crippen LogP contribution in [-0.2, 0) is 4.79 Å². The molecular formula is C20H19N3O4S. The Hall–Kier alpha value is -2.97. The van der Waals surface area contributed by atoms with Crippen LogP contribution in [0.25, 0.3) is 10.2 Å². The van der Waals surface area contributed by atoms with Gasteiger partial charge in [0.2, 0.25) is 5.91 Å². The highest BCUT2D eigenvalue weighted by molar-refractivity contribution is 7.22. The van der Waals surface area contributed by atoms with E-state index in [-0.39, 0.29) is 13.0 Å². The number of hydrogen-bond donors (Lipinski definition) is 2. The number of likely N-dealkylation sites (tertiary alicyclic amines) is 1. The summed E-state index contributed by atoms with van der Waals surface area (Å²) in [5.74, 6) is -0.00747. The molecule has 1 saturated heterocycles. The predicted molar refractivity (Wildman–Crippen MR) is 107 cm³/mol. The zero-order valence-corrected chi connectivity index (χ0v) is 16.0. The lowest BCUT2D eigenvalue weighted by Crippen LogP contribution is -2.44. The second kappa shape index (κ2) is 7.57. The molecule has 0 unspecified atom stereocenters. The van der Waals surface area contributed by atoms with Gasteiger partial charge in [-0.1, -0.05) is 35.6 Å². The minimum absolute atomic E-state index is 0.0444. The third-order valence-corrected chi connectivity index (χ3v) is 5.47. The number of amides is 2. The number of hydrogen-bond acceptors (Lipinski definition) is 6. The van der Waals surface area contributed by atoms with Crippen LogP contribution < -0.4 is 10.1 Å². The summed E-state index contributed by atoms with van der Waals surface area (Å²) in [5.41, 5.74) is 1.92. The fourth-order valence-electron chi connectivity index (χ4n) is 3.19. The van der Waals surface area contributed by atoms with E-state index in [1.165, 1.54) is 16.2 Å². The van der Waals surface area contributed by atoms with Gasteiger partial charge in [-0.25, -0.2) is 9.78 Å². The molecule has 2 aromatic carbocycles. The van der Waals surface area contributed by atoms with E-state index in [1.54, 1.807) is 24.3 Å². The summed E-state index contributed by atoms with van der Waals surface area (Å²) in [6.07, 6.45) is -1.29. The normalized spacial score (nSPS) is 19.0. The summed E-state index contributed by atoms with van der Waals surface area (Å²) in [5, 5.41) is 13.2. The van der Waals surface area contributed by atoms with Gasteiger partial charge in [0, 0.05) is 6.42 Å². The molecule has 4 rings (SSSR count). The maximum atomic E-state index is 12.8. The minimum Gasteiger partial charge on any atom is -0.410 e. The molecule has 1 aliphatic rings. The number of aryl methyl sites for hydroxylation is 1. The van der Waals surface area contributed by atoms with E-state index < -0.39 is 24.1 Å². The van der Waals surface area contributed by atoms with Crippen molar-refractivity contribution in [1.29, 1.82) is 0 Å². The first kappa shape index (κ1) is 18.4. The minimum atomic E-state index is -0.819. The van der Waals surface area contributed by atoms with E-state index in [1.807, 2.05) is 31.2 Å². The summed E-state index contributed by atoms with van der Waals surface area (Å²) in [4.78, 5) is 30.9. The molecule has 28 heavy (non-hydrogen) atoms. The number of carbonyl (C=O) groups is 2. The number of aliphatic hydroxyl groups excluding tert-OH is 1. The topological polar surface area (TPSA) is 91.8 Å². The lowest BCUT2D eigenvalue weighted by molar-refractivity contribution is -0.119. The molecule has 7 nitrogen and oxygen atoms in total. The van der Waals surface area contributed by atoms with Crippen molar-refractivity contribution in [2.45, 2.75) is 25.5 Å². The highest BCUT2D eigenvalue weighted by atomic mass is 32.1. The predicted octanol–water partition coefficient (Wildman–Crippen LogP) is 3.18. The number of thiazole rings is 1. The second-order valence-electron chi connectivity index (χ2n) is 6.72. The lowest BCUT2D eigenvalue weighted by atomic mass is 10.2. The van der Waals surface area contributed by atoms with E-state index in [2.05, 4.69) is 10.3 Å². The number of β-amino-alcohol motifs (C(OH)–C–C–N with tert-alkyl or cyclic N) is 1. The third-order valence-electron chi connectivity index (χ3n) is 4.54. The first-order valence-electron chi connectivity index (χ1n) is 8.89.